The largest absolute Gasteiger partial charge is 0.306 e. The summed E-state index contributed by atoms with van der Waals surface area (Å²) in [6.45, 7) is 2.43. The molecule has 0 aromatic heterocycles. The highest BCUT2D eigenvalue weighted by atomic mass is 79.9. The van der Waals surface area contributed by atoms with Crippen LogP contribution in [0.2, 0.25) is 10.0 Å². The van der Waals surface area contributed by atoms with Gasteiger partial charge in [0.15, 0.2) is 0 Å². The lowest BCUT2D eigenvalue weighted by Gasteiger charge is -2.21. The molecule has 0 bridgehead atoms. The molecule has 1 atom stereocenters. The molecule has 0 radical (unpaired) electrons. The predicted octanol–water partition coefficient (Wildman–Crippen LogP) is 5.73. The smallest absolute Gasteiger partial charge is 0.137 e. The molecule has 21 heavy (non-hydrogen) atoms. The fraction of sp³-hybridized carbons (Fsp3) is 0.200. The van der Waals surface area contributed by atoms with E-state index in [1.165, 1.54) is 0 Å². The van der Waals surface area contributed by atoms with Gasteiger partial charge >= 0.3 is 0 Å². The molecule has 2 aromatic carbocycles. The minimum absolute atomic E-state index is 0.0798. The molecule has 0 aliphatic heterocycles. The van der Waals surface area contributed by atoms with Crippen molar-refractivity contribution >= 4 is 39.1 Å². The lowest BCUT2D eigenvalue weighted by atomic mass is 9.98. The first-order valence-corrected chi connectivity index (χ1v) is 7.82. The zero-order valence-corrected chi connectivity index (χ0v) is 14.2. The first-order chi connectivity index (χ1) is 9.95. The molecule has 0 heterocycles. The van der Waals surface area contributed by atoms with E-state index >= 15 is 0 Å². The minimum Gasteiger partial charge on any atom is -0.306 e. The van der Waals surface area contributed by atoms with Gasteiger partial charge in [-0.15, -0.1) is 0 Å². The Morgan fingerprint density at radius 2 is 1.86 bits per heavy atom. The fourth-order valence-electron chi connectivity index (χ4n) is 2.09. The van der Waals surface area contributed by atoms with E-state index in [2.05, 4.69) is 21.2 Å². The number of hydrogen-bond donors (Lipinski definition) is 1. The van der Waals surface area contributed by atoms with Crippen LogP contribution in [0.1, 0.15) is 24.1 Å². The lowest BCUT2D eigenvalue weighted by Crippen LogP contribution is -2.23. The van der Waals surface area contributed by atoms with Crippen LogP contribution in [-0.2, 0) is 0 Å². The zero-order chi connectivity index (χ0) is 15.6. The van der Waals surface area contributed by atoms with Gasteiger partial charge in [0, 0.05) is 5.56 Å². The maximum Gasteiger partial charge on any atom is 0.137 e. The van der Waals surface area contributed by atoms with Crippen LogP contribution in [0.5, 0.6) is 0 Å². The van der Waals surface area contributed by atoms with E-state index in [4.69, 9.17) is 23.2 Å². The second kappa shape index (κ2) is 7.05. The van der Waals surface area contributed by atoms with E-state index in [1.807, 2.05) is 6.92 Å². The van der Waals surface area contributed by atoms with Gasteiger partial charge in [-0.3, -0.25) is 0 Å². The van der Waals surface area contributed by atoms with Gasteiger partial charge in [0.25, 0.3) is 0 Å². The SMILES string of the molecule is CCNC(c1cc(F)c(Br)cc1F)c1cccc(Cl)c1Cl. The van der Waals surface area contributed by atoms with Crippen molar-refractivity contribution in [2.75, 3.05) is 6.54 Å². The Hall–Kier alpha value is -0.680. The van der Waals surface area contributed by atoms with Crippen molar-refractivity contribution in [3.8, 4) is 0 Å². The van der Waals surface area contributed by atoms with Gasteiger partial charge in [-0.25, -0.2) is 8.78 Å². The predicted molar refractivity (Wildman–Crippen MR) is 86.0 cm³/mol. The van der Waals surface area contributed by atoms with Crippen LogP contribution >= 0.6 is 39.1 Å². The highest BCUT2D eigenvalue weighted by molar-refractivity contribution is 9.10. The molecule has 1 nitrogen and oxygen atoms in total. The molecule has 0 aliphatic carbocycles. The molecule has 112 valence electrons. The van der Waals surface area contributed by atoms with Gasteiger partial charge in [-0.05, 0) is 46.2 Å². The molecule has 6 heteroatoms. The van der Waals surface area contributed by atoms with Crippen LogP contribution in [0.3, 0.4) is 0 Å². The second-order valence-corrected chi connectivity index (χ2v) is 6.06. The Kier molecular flexibility index (Phi) is 5.60. The normalized spacial score (nSPS) is 12.5. The van der Waals surface area contributed by atoms with E-state index in [9.17, 15) is 8.78 Å². The van der Waals surface area contributed by atoms with Gasteiger partial charge in [-0.1, -0.05) is 42.3 Å². The summed E-state index contributed by atoms with van der Waals surface area (Å²) in [5.74, 6) is -1.06. The summed E-state index contributed by atoms with van der Waals surface area (Å²) in [6.07, 6.45) is 0. The quantitative estimate of drug-likeness (QED) is 0.652. The summed E-state index contributed by atoms with van der Waals surface area (Å²) < 4.78 is 28.0. The van der Waals surface area contributed by atoms with Crippen LogP contribution in [0.4, 0.5) is 8.78 Å². The highest BCUT2D eigenvalue weighted by Gasteiger charge is 2.22. The maximum atomic E-state index is 14.2. The Balaban J connectivity index is 2.59. The van der Waals surface area contributed by atoms with Gasteiger partial charge in [0.2, 0.25) is 0 Å². The van der Waals surface area contributed by atoms with E-state index in [0.717, 1.165) is 12.1 Å². The zero-order valence-electron chi connectivity index (χ0n) is 11.1. The molecule has 1 N–H and O–H groups in total. The molecule has 0 fully saturated rings. The molecule has 0 saturated carbocycles. The topological polar surface area (TPSA) is 12.0 Å². The summed E-state index contributed by atoms with van der Waals surface area (Å²) >= 11 is 15.2. The third kappa shape index (κ3) is 3.57. The van der Waals surface area contributed by atoms with Crippen LogP contribution in [-0.4, -0.2) is 6.54 Å². The Bertz CT molecular complexity index is 664. The standard InChI is InChI=1S/C15H12BrCl2F2N/c1-2-21-15(8-4-3-5-11(17)14(8)18)9-6-13(20)10(16)7-12(9)19/h3-7,15,21H,2H2,1H3. The summed E-state index contributed by atoms with van der Waals surface area (Å²) in [5, 5.41) is 3.80. The van der Waals surface area contributed by atoms with Crippen molar-refractivity contribution in [2.45, 2.75) is 13.0 Å². The van der Waals surface area contributed by atoms with Crippen molar-refractivity contribution in [3.63, 3.8) is 0 Å². The van der Waals surface area contributed by atoms with Gasteiger partial charge in [0.1, 0.15) is 11.6 Å². The number of nitrogens with one attached hydrogen (secondary N) is 1. The van der Waals surface area contributed by atoms with Crippen LogP contribution < -0.4 is 5.32 Å². The lowest BCUT2D eigenvalue weighted by molar-refractivity contribution is 0.542. The molecule has 1 unspecified atom stereocenters. The molecule has 0 aliphatic rings. The van der Waals surface area contributed by atoms with Crippen LogP contribution in [0.25, 0.3) is 0 Å². The summed E-state index contributed by atoms with van der Waals surface area (Å²) in [4.78, 5) is 0. The number of benzene rings is 2. The van der Waals surface area contributed by atoms with Crippen molar-refractivity contribution in [1.82, 2.24) is 5.32 Å². The summed E-state index contributed by atoms with van der Waals surface area (Å²) in [6, 6.07) is 6.79. The highest BCUT2D eigenvalue weighted by Crippen LogP contribution is 2.35. The van der Waals surface area contributed by atoms with Gasteiger partial charge < -0.3 is 5.32 Å². The molecule has 2 rings (SSSR count). The average Bonchev–Trinajstić information content (AvgIpc) is 2.44. The second-order valence-electron chi connectivity index (χ2n) is 4.42. The monoisotopic (exact) mass is 393 g/mol. The van der Waals surface area contributed by atoms with Crippen LogP contribution in [0, 0.1) is 11.6 Å². The summed E-state index contributed by atoms with van der Waals surface area (Å²) in [5.41, 5.74) is 0.786. The van der Waals surface area contributed by atoms with Crippen molar-refractivity contribution in [2.24, 2.45) is 0 Å². The maximum absolute atomic E-state index is 14.2. The first-order valence-electron chi connectivity index (χ1n) is 6.27. The minimum atomic E-state index is -0.580. The molecular weight excluding hydrogens is 383 g/mol. The van der Waals surface area contributed by atoms with E-state index < -0.39 is 17.7 Å². The van der Waals surface area contributed by atoms with Crippen LogP contribution in [0.15, 0.2) is 34.8 Å². The molecular formula is C15H12BrCl2F2N. The molecule has 0 amide bonds. The average molecular weight is 395 g/mol. The number of hydrogen-bond acceptors (Lipinski definition) is 1. The van der Waals surface area contributed by atoms with Crippen molar-refractivity contribution in [1.29, 1.82) is 0 Å². The van der Waals surface area contributed by atoms with E-state index in [1.54, 1.807) is 18.2 Å². The Morgan fingerprint density at radius 3 is 2.52 bits per heavy atom. The van der Waals surface area contributed by atoms with Gasteiger partial charge in [-0.2, -0.15) is 0 Å². The molecule has 0 spiro atoms. The fourth-order valence-corrected chi connectivity index (χ4v) is 2.83. The number of rotatable bonds is 4. The van der Waals surface area contributed by atoms with E-state index in [0.29, 0.717) is 22.2 Å². The van der Waals surface area contributed by atoms with Crippen molar-refractivity contribution < 1.29 is 8.78 Å². The summed E-state index contributed by atoms with van der Waals surface area (Å²) in [7, 11) is 0. The third-order valence-electron chi connectivity index (χ3n) is 3.05. The van der Waals surface area contributed by atoms with Gasteiger partial charge in [0.05, 0.1) is 20.6 Å². The number of halogens is 5. The molecule has 0 saturated heterocycles. The third-order valence-corrected chi connectivity index (χ3v) is 4.49. The first kappa shape index (κ1) is 16.7. The Morgan fingerprint density at radius 1 is 1.14 bits per heavy atom. The molecule has 2 aromatic rings. The Labute approximate surface area is 140 Å². The van der Waals surface area contributed by atoms with Crippen molar-refractivity contribution in [3.05, 3.63) is 67.6 Å². The van der Waals surface area contributed by atoms with E-state index in [-0.39, 0.29) is 10.0 Å².